The number of fused-ring (bicyclic) bond motifs is 1. The van der Waals surface area contributed by atoms with E-state index in [-0.39, 0.29) is 17.0 Å². The number of halogens is 3. The number of nitrogens with zero attached hydrogens (tertiary/aromatic N) is 6. The third kappa shape index (κ3) is 3.45. The summed E-state index contributed by atoms with van der Waals surface area (Å²) in [7, 11) is 1.56. The average Bonchev–Trinajstić information content (AvgIpc) is 3.11. The first-order valence-corrected chi connectivity index (χ1v) is 8.72. The number of carbonyl (C=O) groups excluding carboxylic acids is 1. The van der Waals surface area contributed by atoms with Crippen LogP contribution in [0.5, 0.6) is 0 Å². The normalized spacial score (nSPS) is 11.6. The van der Waals surface area contributed by atoms with Gasteiger partial charge in [0.25, 0.3) is 5.91 Å². The molecule has 2 aromatic heterocycles. The van der Waals surface area contributed by atoms with E-state index in [0.29, 0.717) is 22.1 Å². The molecule has 0 bridgehead atoms. The van der Waals surface area contributed by atoms with Gasteiger partial charge in [0, 0.05) is 29.8 Å². The zero-order valence-electron chi connectivity index (χ0n) is 15.8. The largest absolute Gasteiger partial charge is 0.451 e. The number of rotatable bonds is 3. The van der Waals surface area contributed by atoms with E-state index in [4.69, 9.17) is 0 Å². The number of aromatic nitrogens is 6. The maximum absolute atomic E-state index is 13.2. The van der Waals surface area contributed by atoms with E-state index in [2.05, 4.69) is 30.8 Å². The fourth-order valence-corrected chi connectivity index (χ4v) is 3.11. The molecular formula is C19H14F3N7O. The number of carbonyl (C=O) groups is 1. The summed E-state index contributed by atoms with van der Waals surface area (Å²) >= 11 is 0. The monoisotopic (exact) mass is 413 g/mol. The number of alkyl halides is 3. The van der Waals surface area contributed by atoms with Gasteiger partial charge in [-0.2, -0.15) is 13.2 Å². The van der Waals surface area contributed by atoms with Crippen LogP contribution in [0.15, 0.2) is 42.6 Å². The molecule has 0 aliphatic rings. The molecule has 0 aliphatic carbocycles. The van der Waals surface area contributed by atoms with Crippen LogP contribution in [0.3, 0.4) is 0 Å². The van der Waals surface area contributed by atoms with Crippen molar-refractivity contribution < 1.29 is 18.0 Å². The third-order valence-electron chi connectivity index (χ3n) is 4.54. The lowest BCUT2D eigenvalue weighted by molar-refractivity contribution is -0.144. The predicted octanol–water partition coefficient (Wildman–Crippen LogP) is 3.40. The third-order valence-corrected chi connectivity index (χ3v) is 4.54. The second kappa shape index (κ2) is 7.17. The Hall–Kier alpha value is -3.89. The minimum Gasteiger partial charge on any atom is -0.289 e. The molecule has 4 aromatic rings. The van der Waals surface area contributed by atoms with Crippen molar-refractivity contribution in [1.82, 2.24) is 30.2 Å². The van der Waals surface area contributed by atoms with E-state index < -0.39 is 17.9 Å². The van der Waals surface area contributed by atoms with E-state index in [1.54, 1.807) is 44.3 Å². The molecule has 30 heavy (non-hydrogen) atoms. The zero-order chi connectivity index (χ0) is 21.5. The van der Waals surface area contributed by atoms with Crippen molar-refractivity contribution in [2.24, 2.45) is 7.05 Å². The second-order valence-corrected chi connectivity index (χ2v) is 6.50. The molecule has 0 aliphatic heterocycles. The quantitative estimate of drug-likeness (QED) is 0.553. The summed E-state index contributed by atoms with van der Waals surface area (Å²) in [4.78, 5) is 20.1. The Morgan fingerprint density at radius 1 is 1.17 bits per heavy atom. The summed E-state index contributed by atoms with van der Waals surface area (Å²) in [6, 6.07) is 10.2. The SMILES string of the molecule is Cc1c(C(=O)Nc2nnnn2C)cc2cnc(C(F)(F)F)nc2c1-c1ccccc1. The number of aryl methyl sites for hydroxylation is 1. The molecule has 4 rings (SSSR count). The van der Waals surface area contributed by atoms with Crippen molar-refractivity contribution in [3.8, 4) is 11.1 Å². The van der Waals surface area contributed by atoms with Gasteiger partial charge in [-0.25, -0.2) is 14.6 Å². The van der Waals surface area contributed by atoms with Gasteiger partial charge in [-0.1, -0.05) is 35.4 Å². The maximum Gasteiger partial charge on any atom is 0.451 e. The van der Waals surface area contributed by atoms with E-state index in [1.165, 1.54) is 10.7 Å². The van der Waals surface area contributed by atoms with E-state index in [9.17, 15) is 18.0 Å². The summed E-state index contributed by atoms with van der Waals surface area (Å²) in [5, 5.41) is 13.7. The van der Waals surface area contributed by atoms with Crippen LogP contribution in [-0.4, -0.2) is 36.1 Å². The fraction of sp³-hybridized carbons (Fsp3) is 0.158. The molecule has 2 aromatic carbocycles. The molecule has 0 spiro atoms. The van der Waals surface area contributed by atoms with Crippen molar-refractivity contribution in [3.63, 3.8) is 0 Å². The van der Waals surface area contributed by atoms with Gasteiger partial charge in [-0.05, 0) is 34.5 Å². The Labute approximate surface area is 167 Å². The molecule has 0 fully saturated rings. The molecular weight excluding hydrogens is 399 g/mol. The molecule has 2 heterocycles. The lowest BCUT2D eigenvalue weighted by Crippen LogP contribution is -2.17. The highest BCUT2D eigenvalue weighted by Crippen LogP contribution is 2.35. The Balaban J connectivity index is 1.94. The molecule has 0 saturated carbocycles. The van der Waals surface area contributed by atoms with Crippen LogP contribution >= 0.6 is 0 Å². The lowest BCUT2D eigenvalue weighted by Gasteiger charge is -2.15. The summed E-state index contributed by atoms with van der Waals surface area (Å²) in [6.45, 7) is 1.65. The van der Waals surface area contributed by atoms with Gasteiger partial charge >= 0.3 is 6.18 Å². The number of nitrogens with one attached hydrogen (secondary N) is 1. The Kier molecular flexibility index (Phi) is 4.65. The second-order valence-electron chi connectivity index (χ2n) is 6.50. The van der Waals surface area contributed by atoms with Gasteiger partial charge in [0.05, 0.1) is 5.52 Å². The van der Waals surface area contributed by atoms with E-state index in [0.717, 1.165) is 6.20 Å². The number of anilines is 1. The molecule has 152 valence electrons. The highest BCUT2D eigenvalue weighted by atomic mass is 19.4. The first-order chi connectivity index (χ1) is 14.3. The minimum atomic E-state index is -4.69. The Morgan fingerprint density at radius 3 is 2.53 bits per heavy atom. The highest BCUT2D eigenvalue weighted by molar-refractivity contribution is 6.10. The van der Waals surface area contributed by atoms with Gasteiger partial charge < -0.3 is 0 Å². The molecule has 0 unspecified atom stereocenters. The average molecular weight is 413 g/mol. The van der Waals surface area contributed by atoms with Crippen LogP contribution in [0.4, 0.5) is 19.1 Å². The number of benzene rings is 2. The smallest absolute Gasteiger partial charge is 0.289 e. The lowest BCUT2D eigenvalue weighted by atomic mass is 9.93. The van der Waals surface area contributed by atoms with Gasteiger partial charge in [0.1, 0.15) is 0 Å². The van der Waals surface area contributed by atoms with Crippen molar-refractivity contribution in [3.05, 3.63) is 59.5 Å². The topological polar surface area (TPSA) is 98.5 Å². The van der Waals surface area contributed by atoms with Crippen molar-refractivity contribution >= 4 is 22.8 Å². The van der Waals surface area contributed by atoms with Gasteiger partial charge in [0.15, 0.2) is 0 Å². The van der Waals surface area contributed by atoms with E-state index in [1.807, 2.05) is 0 Å². The number of amides is 1. The Bertz CT molecular complexity index is 1250. The minimum absolute atomic E-state index is 0.109. The van der Waals surface area contributed by atoms with Gasteiger partial charge in [-0.15, -0.1) is 0 Å². The predicted molar refractivity (Wildman–Crippen MR) is 101 cm³/mol. The molecule has 0 atom stereocenters. The summed E-state index contributed by atoms with van der Waals surface area (Å²) < 4.78 is 40.9. The summed E-state index contributed by atoms with van der Waals surface area (Å²) in [6.07, 6.45) is -3.62. The van der Waals surface area contributed by atoms with Crippen LogP contribution in [-0.2, 0) is 13.2 Å². The first-order valence-electron chi connectivity index (χ1n) is 8.72. The van der Waals surface area contributed by atoms with Crippen LogP contribution in [0.2, 0.25) is 0 Å². The Morgan fingerprint density at radius 2 is 1.90 bits per heavy atom. The van der Waals surface area contributed by atoms with Crippen LogP contribution < -0.4 is 5.32 Å². The summed E-state index contributed by atoms with van der Waals surface area (Å²) in [5.41, 5.74) is 1.86. The zero-order valence-corrected chi connectivity index (χ0v) is 15.8. The first kappa shape index (κ1) is 19.4. The van der Waals surface area contributed by atoms with Crippen LogP contribution in [0, 0.1) is 6.92 Å². The van der Waals surface area contributed by atoms with E-state index >= 15 is 0 Å². The van der Waals surface area contributed by atoms with Crippen molar-refractivity contribution in [1.29, 1.82) is 0 Å². The fourth-order valence-electron chi connectivity index (χ4n) is 3.11. The molecule has 0 radical (unpaired) electrons. The standard InChI is InChI=1S/C19H14F3N7O/c1-10-13(16(30)25-18-26-27-28-29(18)2)8-12-9-23-17(19(20,21)22)24-15(12)14(10)11-6-4-3-5-7-11/h3-9H,1-2H3,(H,25,26,28,30). The maximum atomic E-state index is 13.2. The number of hydrogen-bond donors (Lipinski definition) is 1. The van der Waals surface area contributed by atoms with Crippen LogP contribution in [0.25, 0.3) is 22.0 Å². The summed E-state index contributed by atoms with van der Waals surface area (Å²) in [5.74, 6) is -1.62. The molecule has 11 heteroatoms. The molecule has 1 amide bonds. The number of tetrazole rings is 1. The van der Waals surface area contributed by atoms with Gasteiger partial charge in [-0.3, -0.25) is 10.1 Å². The van der Waals surface area contributed by atoms with Crippen molar-refractivity contribution in [2.45, 2.75) is 13.1 Å². The number of hydrogen-bond acceptors (Lipinski definition) is 6. The van der Waals surface area contributed by atoms with Crippen LogP contribution in [0.1, 0.15) is 21.7 Å². The highest BCUT2D eigenvalue weighted by Gasteiger charge is 2.35. The van der Waals surface area contributed by atoms with Gasteiger partial charge in [0.2, 0.25) is 11.8 Å². The van der Waals surface area contributed by atoms with Crippen molar-refractivity contribution in [2.75, 3.05) is 5.32 Å². The molecule has 8 nitrogen and oxygen atoms in total. The molecule has 0 saturated heterocycles. The molecule has 1 N–H and O–H groups in total.